The van der Waals surface area contributed by atoms with Gasteiger partial charge in [0.15, 0.2) is 0 Å². The Morgan fingerprint density at radius 2 is 1.24 bits per heavy atom. The van der Waals surface area contributed by atoms with Crippen molar-refractivity contribution in [3.05, 3.63) is 67.6 Å². The number of halogens is 5. The first-order valence-corrected chi connectivity index (χ1v) is 10.7. The van der Waals surface area contributed by atoms with Crippen LogP contribution in [0.1, 0.15) is 49.7 Å². The molecule has 2 aromatic carbocycles. The fourth-order valence-corrected chi connectivity index (χ4v) is 4.96. The van der Waals surface area contributed by atoms with Crippen LogP contribution >= 0.6 is 58.8 Å². The molecule has 0 aliphatic heterocycles. The number of hydrogen-bond acceptors (Lipinski definition) is 2. The largest absolute Gasteiger partial charge is 0.369 e. The van der Waals surface area contributed by atoms with Crippen molar-refractivity contribution in [1.82, 2.24) is 0 Å². The molecule has 3 nitrogen and oxygen atoms in total. The third kappa shape index (κ3) is 4.98. The van der Waals surface area contributed by atoms with Crippen LogP contribution in [-0.4, -0.2) is 5.91 Å². The second-order valence-electron chi connectivity index (χ2n) is 7.56. The molecule has 2 fully saturated rings. The predicted octanol–water partition coefficient (Wildman–Crippen LogP) is 6.65. The van der Waals surface area contributed by atoms with Gasteiger partial charge < -0.3 is 11.5 Å². The average molecular weight is 497 g/mol. The highest BCUT2D eigenvalue weighted by atomic mass is 35.5. The Hall–Kier alpha value is -0.680. The summed E-state index contributed by atoms with van der Waals surface area (Å²) in [6.07, 6.45) is 5.81. The summed E-state index contributed by atoms with van der Waals surface area (Å²) in [5.41, 5.74) is 12.7. The second-order valence-corrected chi connectivity index (χ2v) is 9.25. The Kier molecular flexibility index (Phi) is 8.17. The third-order valence-corrected chi connectivity index (χ3v) is 6.93. The minimum Gasteiger partial charge on any atom is -0.369 e. The van der Waals surface area contributed by atoms with E-state index in [1.807, 2.05) is 12.1 Å². The lowest BCUT2D eigenvalue weighted by Gasteiger charge is -2.39. The van der Waals surface area contributed by atoms with Gasteiger partial charge in [0, 0.05) is 25.6 Å². The van der Waals surface area contributed by atoms with Gasteiger partial charge in [-0.1, -0.05) is 65.0 Å². The van der Waals surface area contributed by atoms with Crippen molar-refractivity contribution in [2.75, 3.05) is 0 Å². The SMILES string of the molecule is Cl.NC(=O)C1(c2ccc(Cl)cc2Cl)CCC1.NC1(c2ccc(Cl)cc2Cl)CCC1. The lowest BCUT2D eigenvalue weighted by atomic mass is 9.64. The fraction of sp³-hybridized carbons (Fsp3) is 0.381. The minimum absolute atomic E-state index is 0. The van der Waals surface area contributed by atoms with E-state index in [4.69, 9.17) is 57.9 Å². The number of carbonyl (C=O) groups excluding carboxylic acids is 1. The number of amides is 1. The molecular weight excluding hydrogens is 474 g/mol. The summed E-state index contributed by atoms with van der Waals surface area (Å²) in [6, 6.07) is 10.7. The molecule has 0 aromatic heterocycles. The zero-order chi connectivity index (χ0) is 20.5. The quantitative estimate of drug-likeness (QED) is 0.499. The second kappa shape index (κ2) is 9.64. The lowest BCUT2D eigenvalue weighted by Crippen LogP contribution is -2.46. The van der Waals surface area contributed by atoms with E-state index >= 15 is 0 Å². The number of benzene rings is 2. The average Bonchev–Trinajstić information content (AvgIpc) is 2.54. The molecule has 2 aliphatic rings. The van der Waals surface area contributed by atoms with Gasteiger partial charge in [-0.2, -0.15) is 0 Å². The van der Waals surface area contributed by atoms with Crippen LogP contribution in [0.3, 0.4) is 0 Å². The number of rotatable bonds is 3. The van der Waals surface area contributed by atoms with Gasteiger partial charge in [0.1, 0.15) is 0 Å². The number of nitrogens with two attached hydrogens (primary N) is 2. The van der Waals surface area contributed by atoms with Crippen LogP contribution in [0.2, 0.25) is 20.1 Å². The molecule has 4 rings (SSSR count). The Labute approximate surface area is 197 Å². The van der Waals surface area contributed by atoms with Crippen LogP contribution in [0.25, 0.3) is 0 Å². The molecule has 0 saturated heterocycles. The number of carbonyl (C=O) groups is 1. The van der Waals surface area contributed by atoms with Gasteiger partial charge in [0.2, 0.25) is 5.91 Å². The predicted molar refractivity (Wildman–Crippen MR) is 125 cm³/mol. The molecule has 29 heavy (non-hydrogen) atoms. The molecule has 2 saturated carbocycles. The Morgan fingerprint density at radius 1 is 0.793 bits per heavy atom. The van der Waals surface area contributed by atoms with E-state index < -0.39 is 5.41 Å². The normalized spacial score (nSPS) is 18.2. The summed E-state index contributed by atoms with van der Waals surface area (Å²) in [4.78, 5) is 11.5. The first kappa shape index (κ1) is 24.6. The van der Waals surface area contributed by atoms with E-state index in [0.717, 1.165) is 43.2 Å². The highest BCUT2D eigenvalue weighted by Crippen LogP contribution is 2.46. The van der Waals surface area contributed by atoms with E-state index in [9.17, 15) is 4.79 Å². The van der Waals surface area contributed by atoms with Crippen molar-refractivity contribution in [1.29, 1.82) is 0 Å². The summed E-state index contributed by atoms with van der Waals surface area (Å²) < 4.78 is 0. The summed E-state index contributed by atoms with van der Waals surface area (Å²) >= 11 is 23.8. The van der Waals surface area contributed by atoms with Gasteiger partial charge in [-0.15, -0.1) is 12.4 Å². The van der Waals surface area contributed by atoms with Crippen molar-refractivity contribution < 1.29 is 4.79 Å². The minimum atomic E-state index is -0.554. The van der Waals surface area contributed by atoms with Crippen molar-refractivity contribution in [3.8, 4) is 0 Å². The van der Waals surface area contributed by atoms with Crippen LogP contribution in [-0.2, 0) is 15.7 Å². The number of hydrogen-bond donors (Lipinski definition) is 2. The van der Waals surface area contributed by atoms with Crippen molar-refractivity contribution in [2.24, 2.45) is 11.5 Å². The standard InChI is InChI=1S/C11H11Cl2NO.C10H11Cl2N.ClH/c12-7-2-3-8(9(13)6-7)11(10(14)15)4-1-5-11;11-7-2-3-8(9(12)6-7)10(13)4-1-5-10;/h2-3,6H,1,4-5H2,(H2,14,15);2-3,6H,1,4-5,13H2;1H. The molecule has 0 atom stereocenters. The summed E-state index contributed by atoms with van der Waals surface area (Å²) in [5, 5.41) is 2.45. The maximum absolute atomic E-state index is 11.5. The van der Waals surface area contributed by atoms with Gasteiger partial charge in [-0.05, 0) is 67.5 Å². The Bertz CT molecular complexity index is 895. The maximum Gasteiger partial charge on any atom is 0.228 e. The van der Waals surface area contributed by atoms with E-state index in [0.29, 0.717) is 20.1 Å². The van der Waals surface area contributed by atoms with E-state index in [1.54, 1.807) is 24.3 Å². The Balaban J connectivity index is 0.000000202. The number of primary amides is 1. The summed E-state index contributed by atoms with van der Waals surface area (Å²) in [6.45, 7) is 0. The molecule has 158 valence electrons. The van der Waals surface area contributed by atoms with Crippen molar-refractivity contribution in [3.63, 3.8) is 0 Å². The van der Waals surface area contributed by atoms with Gasteiger partial charge in [-0.25, -0.2) is 0 Å². The molecule has 0 radical (unpaired) electrons. The monoisotopic (exact) mass is 494 g/mol. The molecule has 4 N–H and O–H groups in total. The zero-order valence-electron chi connectivity index (χ0n) is 15.7. The molecule has 0 spiro atoms. The van der Waals surface area contributed by atoms with Crippen LogP contribution in [0, 0.1) is 0 Å². The van der Waals surface area contributed by atoms with Crippen molar-refractivity contribution >= 4 is 64.7 Å². The summed E-state index contributed by atoms with van der Waals surface area (Å²) in [7, 11) is 0. The van der Waals surface area contributed by atoms with Gasteiger partial charge in [0.05, 0.1) is 5.41 Å². The van der Waals surface area contributed by atoms with Crippen LogP contribution in [0.5, 0.6) is 0 Å². The molecule has 1 amide bonds. The molecule has 0 heterocycles. The Morgan fingerprint density at radius 3 is 1.55 bits per heavy atom. The smallest absolute Gasteiger partial charge is 0.228 e. The summed E-state index contributed by atoms with van der Waals surface area (Å²) in [5.74, 6) is -0.294. The van der Waals surface area contributed by atoms with Crippen LogP contribution in [0.4, 0.5) is 0 Å². The molecule has 0 unspecified atom stereocenters. The molecule has 2 aromatic rings. The molecule has 0 bridgehead atoms. The molecule has 2 aliphatic carbocycles. The topological polar surface area (TPSA) is 69.1 Å². The third-order valence-electron chi connectivity index (χ3n) is 5.84. The highest BCUT2D eigenvalue weighted by molar-refractivity contribution is 6.35. The van der Waals surface area contributed by atoms with Gasteiger partial charge in [0.25, 0.3) is 0 Å². The maximum atomic E-state index is 11.5. The van der Waals surface area contributed by atoms with E-state index in [1.165, 1.54) is 6.42 Å². The first-order valence-electron chi connectivity index (χ1n) is 9.18. The zero-order valence-corrected chi connectivity index (χ0v) is 19.5. The molecule has 8 heteroatoms. The van der Waals surface area contributed by atoms with Gasteiger partial charge >= 0.3 is 0 Å². The van der Waals surface area contributed by atoms with Crippen LogP contribution < -0.4 is 11.5 Å². The highest BCUT2D eigenvalue weighted by Gasteiger charge is 2.45. The first-order chi connectivity index (χ1) is 13.2. The van der Waals surface area contributed by atoms with Crippen molar-refractivity contribution in [2.45, 2.75) is 49.5 Å². The fourth-order valence-electron chi connectivity index (χ4n) is 3.78. The lowest BCUT2D eigenvalue weighted by molar-refractivity contribution is -0.126. The molecular formula is C21H23Cl5N2O. The van der Waals surface area contributed by atoms with E-state index in [-0.39, 0.29) is 23.9 Å². The van der Waals surface area contributed by atoms with E-state index in [2.05, 4.69) is 0 Å². The van der Waals surface area contributed by atoms with Gasteiger partial charge in [-0.3, -0.25) is 4.79 Å². The van der Waals surface area contributed by atoms with Crippen LogP contribution in [0.15, 0.2) is 36.4 Å².